The molecule has 1 saturated heterocycles. The Morgan fingerprint density at radius 1 is 1.12 bits per heavy atom. The highest BCUT2D eigenvalue weighted by molar-refractivity contribution is 5.64. The molecule has 0 spiro atoms. The number of anilines is 2. The largest absolute Gasteiger partial charge is 0.365 e. The van der Waals surface area contributed by atoms with E-state index in [2.05, 4.69) is 68.2 Å². The highest BCUT2D eigenvalue weighted by atomic mass is 15.3. The molecule has 3 rings (SSSR count). The quantitative estimate of drug-likeness (QED) is 0.896. The van der Waals surface area contributed by atoms with Crippen molar-refractivity contribution < 1.29 is 0 Å². The van der Waals surface area contributed by atoms with Crippen molar-refractivity contribution in [2.75, 3.05) is 23.3 Å². The lowest BCUT2D eigenvalue weighted by Gasteiger charge is -2.31. The van der Waals surface area contributed by atoms with E-state index < -0.39 is 0 Å². The second-order valence-electron chi connectivity index (χ2n) is 7.87. The maximum Gasteiger partial charge on any atom is 0.227 e. The average Bonchev–Trinajstić information content (AvgIpc) is 2.54. The topological polar surface area (TPSA) is 41.1 Å². The molecule has 1 unspecified atom stereocenters. The SMILES string of the molecule is CC1CCCN(c2nc(NC(C)(C)C)cc(-c3ccccc3)n2)C1. The molecule has 1 fully saturated rings. The average molecular weight is 324 g/mol. The van der Waals surface area contributed by atoms with Crippen LogP contribution >= 0.6 is 0 Å². The van der Waals surface area contributed by atoms with E-state index in [1.54, 1.807) is 0 Å². The van der Waals surface area contributed by atoms with Gasteiger partial charge in [-0.05, 0) is 39.5 Å². The van der Waals surface area contributed by atoms with Gasteiger partial charge in [-0.1, -0.05) is 37.3 Å². The molecule has 4 nitrogen and oxygen atoms in total. The lowest BCUT2D eigenvalue weighted by Crippen LogP contribution is -2.36. The second kappa shape index (κ2) is 6.80. The Labute approximate surface area is 145 Å². The molecule has 1 N–H and O–H groups in total. The fraction of sp³-hybridized carbons (Fsp3) is 0.500. The first kappa shape index (κ1) is 16.7. The van der Waals surface area contributed by atoms with Crippen LogP contribution < -0.4 is 10.2 Å². The Morgan fingerprint density at radius 3 is 2.54 bits per heavy atom. The van der Waals surface area contributed by atoms with Crippen LogP contribution in [0.15, 0.2) is 36.4 Å². The lowest BCUT2D eigenvalue weighted by atomic mass is 10.0. The number of rotatable bonds is 3. The van der Waals surface area contributed by atoms with Gasteiger partial charge in [-0.3, -0.25) is 0 Å². The van der Waals surface area contributed by atoms with E-state index in [0.29, 0.717) is 5.92 Å². The van der Waals surface area contributed by atoms with E-state index in [1.807, 2.05) is 6.07 Å². The standard InChI is InChI=1S/C20H28N4/c1-15-9-8-12-24(14-15)19-21-17(16-10-6-5-7-11-16)13-18(22-19)23-20(2,3)4/h5-7,10-11,13,15H,8-9,12,14H2,1-4H3,(H,21,22,23). The zero-order valence-electron chi connectivity index (χ0n) is 15.2. The van der Waals surface area contributed by atoms with Crippen molar-refractivity contribution in [1.82, 2.24) is 9.97 Å². The predicted octanol–water partition coefficient (Wildman–Crippen LogP) is 4.59. The molecule has 1 aliphatic heterocycles. The van der Waals surface area contributed by atoms with Gasteiger partial charge in [-0.15, -0.1) is 0 Å². The summed E-state index contributed by atoms with van der Waals surface area (Å²) in [4.78, 5) is 12.0. The number of piperidine rings is 1. The second-order valence-corrected chi connectivity index (χ2v) is 7.87. The zero-order chi connectivity index (χ0) is 17.2. The number of benzene rings is 1. The van der Waals surface area contributed by atoms with E-state index in [1.165, 1.54) is 12.8 Å². The Bertz CT molecular complexity index is 676. The van der Waals surface area contributed by atoms with Crippen molar-refractivity contribution in [1.29, 1.82) is 0 Å². The smallest absolute Gasteiger partial charge is 0.227 e. The first-order chi connectivity index (χ1) is 11.4. The molecule has 1 aromatic heterocycles. The minimum Gasteiger partial charge on any atom is -0.365 e. The van der Waals surface area contributed by atoms with Crippen LogP contribution in [0.4, 0.5) is 11.8 Å². The molecule has 2 aromatic rings. The molecule has 24 heavy (non-hydrogen) atoms. The first-order valence-corrected chi connectivity index (χ1v) is 8.88. The van der Waals surface area contributed by atoms with E-state index in [0.717, 1.165) is 36.1 Å². The molecule has 4 heteroatoms. The Morgan fingerprint density at radius 2 is 1.88 bits per heavy atom. The van der Waals surface area contributed by atoms with E-state index in [4.69, 9.17) is 9.97 Å². The molecule has 0 saturated carbocycles. The van der Waals surface area contributed by atoms with Crippen LogP contribution in [0.1, 0.15) is 40.5 Å². The molecule has 0 bridgehead atoms. The van der Waals surface area contributed by atoms with Gasteiger partial charge in [0.2, 0.25) is 5.95 Å². The maximum atomic E-state index is 4.87. The zero-order valence-corrected chi connectivity index (χ0v) is 15.2. The molecule has 2 heterocycles. The fourth-order valence-electron chi connectivity index (χ4n) is 3.15. The Hall–Kier alpha value is -2.10. The lowest BCUT2D eigenvalue weighted by molar-refractivity contribution is 0.442. The van der Waals surface area contributed by atoms with Crippen LogP contribution in [-0.4, -0.2) is 28.6 Å². The minimum atomic E-state index is -0.0330. The number of nitrogens with one attached hydrogen (secondary N) is 1. The summed E-state index contributed by atoms with van der Waals surface area (Å²) < 4.78 is 0. The van der Waals surface area contributed by atoms with Gasteiger partial charge in [-0.25, -0.2) is 4.98 Å². The molecule has 128 valence electrons. The summed E-state index contributed by atoms with van der Waals surface area (Å²) in [6, 6.07) is 12.4. The van der Waals surface area contributed by atoms with Crippen LogP contribution in [-0.2, 0) is 0 Å². The molecule has 1 aliphatic rings. The van der Waals surface area contributed by atoms with Gasteiger partial charge >= 0.3 is 0 Å². The van der Waals surface area contributed by atoms with Gasteiger partial charge in [0.05, 0.1) is 5.69 Å². The summed E-state index contributed by atoms with van der Waals surface area (Å²) in [5.41, 5.74) is 2.07. The Balaban J connectivity index is 1.99. The van der Waals surface area contributed by atoms with Crippen LogP contribution in [0.25, 0.3) is 11.3 Å². The third-order valence-corrected chi connectivity index (χ3v) is 4.23. The first-order valence-electron chi connectivity index (χ1n) is 8.88. The van der Waals surface area contributed by atoms with Crippen LogP contribution in [0.5, 0.6) is 0 Å². The highest BCUT2D eigenvalue weighted by Crippen LogP contribution is 2.27. The molecule has 0 radical (unpaired) electrons. The highest BCUT2D eigenvalue weighted by Gasteiger charge is 2.21. The van der Waals surface area contributed by atoms with Crippen LogP contribution in [0.2, 0.25) is 0 Å². The molecule has 1 aromatic carbocycles. The summed E-state index contributed by atoms with van der Waals surface area (Å²) in [6.07, 6.45) is 2.50. The van der Waals surface area contributed by atoms with E-state index in [9.17, 15) is 0 Å². The van der Waals surface area contributed by atoms with Crippen molar-refractivity contribution >= 4 is 11.8 Å². The third kappa shape index (κ3) is 4.25. The monoisotopic (exact) mass is 324 g/mol. The van der Waals surface area contributed by atoms with Crippen molar-refractivity contribution in [3.63, 3.8) is 0 Å². The summed E-state index contributed by atoms with van der Waals surface area (Å²) in [7, 11) is 0. The molecule has 1 atom stereocenters. The third-order valence-electron chi connectivity index (χ3n) is 4.23. The minimum absolute atomic E-state index is 0.0330. The Kier molecular flexibility index (Phi) is 4.74. The van der Waals surface area contributed by atoms with Crippen molar-refractivity contribution in [2.24, 2.45) is 5.92 Å². The number of hydrogen-bond acceptors (Lipinski definition) is 4. The van der Waals surface area contributed by atoms with Gasteiger partial charge in [-0.2, -0.15) is 4.98 Å². The van der Waals surface area contributed by atoms with Gasteiger partial charge in [0.25, 0.3) is 0 Å². The number of nitrogens with zero attached hydrogens (tertiary/aromatic N) is 3. The van der Waals surface area contributed by atoms with Crippen LogP contribution in [0.3, 0.4) is 0 Å². The number of aromatic nitrogens is 2. The summed E-state index contributed by atoms with van der Waals surface area (Å²) in [6.45, 7) is 10.8. The molecular formula is C20H28N4. The van der Waals surface area contributed by atoms with Crippen LogP contribution in [0, 0.1) is 5.92 Å². The molecule has 0 aliphatic carbocycles. The van der Waals surface area contributed by atoms with E-state index in [-0.39, 0.29) is 5.54 Å². The van der Waals surface area contributed by atoms with Crippen molar-refractivity contribution in [3.8, 4) is 11.3 Å². The predicted molar refractivity (Wildman–Crippen MR) is 101 cm³/mol. The van der Waals surface area contributed by atoms with Gasteiger partial charge < -0.3 is 10.2 Å². The number of hydrogen-bond donors (Lipinski definition) is 1. The maximum absolute atomic E-state index is 4.87. The fourth-order valence-corrected chi connectivity index (χ4v) is 3.15. The summed E-state index contributed by atoms with van der Waals surface area (Å²) in [5.74, 6) is 2.43. The molecule has 0 amide bonds. The molecular weight excluding hydrogens is 296 g/mol. The van der Waals surface area contributed by atoms with Crippen molar-refractivity contribution in [3.05, 3.63) is 36.4 Å². The summed E-state index contributed by atoms with van der Waals surface area (Å²) in [5, 5.41) is 3.50. The van der Waals surface area contributed by atoms with E-state index >= 15 is 0 Å². The van der Waals surface area contributed by atoms with Crippen molar-refractivity contribution in [2.45, 2.75) is 46.1 Å². The van der Waals surface area contributed by atoms with Gasteiger partial charge in [0, 0.05) is 30.3 Å². The van der Waals surface area contributed by atoms with Gasteiger partial charge in [0.15, 0.2) is 0 Å². The van der Waals surface area contributed by atoms with Gasteiger partial charge in [0.1, 0.15) is 5.82 Å². The summed E-state index contributed by atoms with van der Waals surface area (Å²) >= 11 is 0. The normalized spacial score (nSPS) is 18.5.